The van der Waals surface area contributed by atoms with Crippen molar-refractivity contribution in [3.05, 3.63) is 88.5 Å². The predicted molar refractivity (Wildman–Crippen MR) is 145 cm³/mol. The number of carbonyl (C=O) groups is 2. The molecule has 3 rings (SSSR count). The van der Waals surface area contributed by atoms with Crippen LogP contribution in [0.2, 0.25) is 0 Å². The number of nitrogens with zero attached hydrogens (tertiary/aromatic N) is 3. The van der Waals surface area contributed by atoms with Crippen LogP contribution >= 0.6 is 0 Å². The molecule has 0 atom stereocenters. The normalized spacial score (nSPS) is 11.0. The first-order valence-electron chi connectivity index (χ1n) is 11.3. The fraction of sp³-hybridized carbons (Fsp3) is 0.160. The summed E-state index contributed by atoms with van der Waals surface area (Å²) in [4.78, 5) is 34.7. The Bertz CT molecular complexity index is 1460. The summed E-state index contributed by atoms with van der Waals surface area (Å²) in [6.45, 7) is -0.848. The summed E-state index contributed by atoms with van der Waals surface area (Å²) in [7, 11) is -2.37. The number of hydrogen-bond acceptors (Lipinski definition) is 9. The molecular weight excluding hydrogens is 530 g/mol. The Morgan fingerprint density at radius 3 is 2.31 bits per heavy atom. The molecule has 0 aliphatic heterocycles. The largest absolute Gasteiger partial charge is 0.497 e. The third-order valence-corrected chi connectivity index (χ3v) is 6.18. The van der Waals surface area contributed by atoms with E-state index in [1.807, 2.05) is 0 Å². The number of nitrogens with one attached hydrogen (secondary N) is 2. The highest BCUT2D eigenvalue weighted by Gasteiger charge is 2.22. The molecule has 39 heavy (non-hydrogen) atoms. The maximum absolute atomic E-state index is 12.3. The van der Waals surface area contributed by atoms with Crippen LogP contribution in [0.1, 0.15) is 5.56 Å². The highest BCUT2D eigenvalue weighted by atomic mass is 32.2. The summed E-state index contributed by atoms with van der Waals surface area (Å²) in [5.74, 6) is -0.00149. The van der Waals surface area contributed by atoms with Crippen LogP contribution in [0.15, 0.2) is 77.9 Å². The monoisotopic (exact) mass is 555 g/mol. The summed E-state index contributed by atoms with van der Waals surface area (Å²) in [6, 6.07) is 18.3. The smallest absolute Gasteiger partial charge is 0.271 e. The fourth-order valence-electron chi connectivity index (χ4n) is 3.18. The second-order valence-electron chi connectivity index (χ2n) is 7.97. The van der Waals surface area contributed by atoms with E-state index in [9.17, 15) is 28.1 Å². The number of hydrazone groups is 1. The fourth-order valence-corrected chi connectivity index (χ4v) is 4.03. The molecular formula is C25H25N5O8S. The summed E-state index contributed by atoms with van der Waals surface area (Å²) in [5.41, 5.74) is 3.07. The third-order valence-electron chi connectivity index (χ3n) is 5.04. The molecule has 0 aliphatic carbocycles. The van der Waals surface area contributed by atoms with E-state index >= 15 is 0 Å². The Morgan fingerprint density at radius 2 is 1.69 bits per heavy atom. The number of nitro benzene ring substituents is 1. The Labute approximate surface area is 224 Å². The number of amides is 2. The van der Waals surface area contributed by atoms with Gasteiger partial charge in [-0.15, -0.1) is 0 Å². The number of hydrogen-bond donors (Lipinski definition) is 2. The Kier molecular flexibility index (Phi) is 9.53. The lowest BCUT2D eigenvalue weighted by atomic mass is 10.2. The van der Waals surface area contributed by atoms with E-state index in [1.54, 1.807) is 55.6 Å². The number of non-ortho nitro benzene ring substituents is 1. The summed E-state index contributed by atoms with van der Waals surface area (Å²) in [6.07, 6.45) is 2.21. The van der Waals surface area contributed by atoms with Gasteiger partial charge < -0.3 is 14.8 Å². The molecule has 2 N–H and O–H groups in total. The average Bonchev–Trinajstić information content (AvgIpc) is 2.91. The van der Waals surface area contributed by atoms with E-state index < -0.39 is 27.4 Å². The molecule has 0 fully saturated rings. The number of sulfonamides is 1. The molecule has 0 spiro atoms. The van der Waals surface area contributed by atoms with E-state index in [0.29, 0.717) is 22.7 Å². The van der Waals surface area contributed by atoms with Crippen molar-refractivity contribution >= 4 is 45.1 Å². The minimum absolute atomic E-state index is 0.0286. The highest BCUT2D eigenvalue weighted by Crippen LogP contribution is 2.23. The van der Waals surface area contributed by atoms with Gasteiger partial charge in [-0.05, 0) is 60.2 Å². The van der Waals surface area contributed by atoms with Gasteiger partial charge in [0.2, 0.25) is 10.0 Å². The van der Waals surface area contributed by atoms with Crippen molar-refractivity contribution in [2.24, 2.45) is 5.10 Å². The minimum Gasteiger partial charge on any atom is -0.497 e. The molecule has 0 heterocycles. The average molecular weight is 556 g/mol. The van der Waals surface area contributed by atoms with Crippen LogP contribution in [0.25, 0.3) is 0 Å². The molecule has 0 unspecified atom stereocenters. The van der Waals surface area contributed by atoms with Crippen molar-refractivity contribution in [1.29, 1.82) is 0 Å². The zero-order valence-electron chi connectivity index (χ0n) is 20.9. The molecule has 0 saturated heterocycles. The molecule has 2 amide bonds. The zero-order chi connectivity index (χ0) is 28.4. The number of carbonyl (C=O) groups excluding carboxylic acids is 2. The molecule has 0 aliphatic rings. The van der Waals surface area contributed by atoms with Gasteiger partial charge in [0.25, 0.3) is 17.5 Å². The van der Waals surface area contributed by atoms with Gasteiger partial charge in [0.05, 0.1) is 30.2 Å². The number of ether oxygens (including phenoxy) is 2. The number of rotatable bonds is 12. The first-order valence-corrected chi connectivity index (χ1v) is 13.1. The molecule has 0 radical (unpaired) electrons. The number of nitro groups is 1. The van der Waals surface area contributed by atoms with E-state index in [0.717, 1.165) is 16.6 Å². The van der Waals surface area contributed by atoms with Crippen molar-refractivity contribution in [3.8, 4) is 11.5 Å². The molecule has 13 nitrogen and oxygen atoms in total. The highest BCUT2D eigenvalue weighted by molar-refractivity contribution is 7.92. The summed E-state index contributed by atoms with van der Waals surface area (Å²) >= 11 is 0. The lowest BCUT2D eigenvalue weighted by Crippen LogP contribution is -2.39. The van der Waals surface area contributed by atoms with Crippen LogP contribution < -0.4 is 24.5 Å². The molecule has 3 aromatic rings. The minimum atomic E-state index is -3.92. The van der Waals surface area contributed by atoms with E-state index in [-0.39, 0.29) is 23.9 Å². The predicted octanol–water partition coefficient (Wildman–Crippen LogP) is 2.54. The Balaban J connectivity index is 1.51. The second-order valence-corrected chi connectivity index (χ2v) is 9.88. The third kappa shape index (κ3) is 8.82. The van der Waals surface area contributed by atoms with E-state index in [2.05, 4.69) is 15.8 Å². The van der Waals surface area contributed by atoms with Crippen LogP contribution in [0, 0.1) is 10.1 Å². The lowest BCUT2D eigenvalue weighted by molar-refractivity contribution is -0.384. The standard InChI is InChI=1S/C25H25N5O8S/c1-37-22-12-8-19(9-13-22)27-25(32)17-38-23-10-6-18(7-11-23)15-26-28-24(31)16-29(39(2,35)36)20-4-3-5-21(14-20)30(33)34/h3-15H,16-17H2,1-2H3,(H,27,32)(H,28,31)/b26-15-. The Morgan fingerprint density at radius 1 is 1.03 bits per heavy atom. The molecule has 204 valence electrons. The van der Waals surface area contributed by atoms with Gasteiger partial charge in [0.1, 0.15) is 18.0 Å². The Hall–Kier alpha value is -4.98. The molecule has 3 aromatic carbocycles. The van der Waals surface area contributed by atoms with Gasteiger partial charge in [-0.2, -0.15) is 5.10 Å². The van der Waals surface area contributed by atoms with E-state index in [4.69, 9.17) is 9.47 Å². The molecule has 14 heteroatoms. The number of anilines is 2. The second kappa shape index (κ2) is 13.0. The maximum atomic E-state index is 12.3. The van der Waals surface area contributed by atoms with Gasteiger partial charge in [-0.1, -0.05) is 6.07 Å². The van der Waals surface area contributed by atoms with Crippen molar-refractivity contribution in [2.45, 2.75) is 0 Å². The van der Waals surface area contributed by atoms with Crippen molar-refractivity contribution in [3.63, 3.8) is 0 Å². The first-order chi connectivity index (χ1) is 18.5. The van der Waals surface area contributed by atoms with Crippen LogP contribution in [-0.4, -0.2) is 57.9 Å². The zero-order valence-corrected chi connectivity index (χ0v) is 21.8. The lowest BCUT2D eigenvalue weighted by Gasteiger charge is -2.21. The van der Waals surface area contributed by atoms with Crippen LogP contribution in [0.4, 0.5) is 17.1 Å². The van der Waals surface area contributed by atoms with Gasteiger partial charge in [-0.25, -0.2) is 13.8 Å². The van der Waals surface area contributed by atoms with Crippen molar-refractivity contribution < 1.29 is 32.4 Å². The molecule has 0 saturated carbocycles. The topological polar surface area (TPSA) is 170 Å². The molecule has 0 bridgehead atoms. The number of methoxy groups -OCH3 is 1. The van der Waals surface area contributed by atoms with Gasteiger partial charge in [0, 0.05) is 17.8 Å². The van der Waals surface area contributed by atoms with Gasteiger partial charge >= 0.3 is 0 Å². The summed E-state index contributed by atoms with van der Waals surface area (Å²) < 4.78 is 35.6. The first kappa shape index (κ1) is 28.6. The maximum Gasteiger partial charge on any atom is 0.271 e. The van der Waals surface area contributed by atoms with Crippen molar-refractivity contribution in [2.75, 3.05) is 36.1 Å². The quantitative estimate of drug-likeness (QED) is 0.195. The number of benzene rings is 3. The summed E-state index contributed by atoms with van der Waals surface area (Å²) in [5, 5.41) is 17.5. The van der Waals surface area contributed by atoms with E-state index in [1.165, 1.54) is 24.4 Å². The van der Waals surface area contributed by atoms with Gasteiger partial charge in [-0.3, -0.25) is 24.0 Å². The van der Waals surface area contributed by atoms with Crippen LogP contribution in [-0.2, 0) is 19.6 Å². The van der Waals surface area contributed by atoms with Crippen LogP contribution in [0.5, 0.6) is 11.5 Å². The van der Waals surface area contributed by atoms with Gasteiger partial charge in [0.15, 0.2) is 6.61 Å². The van der Waals surface area contributed by atoms with Crippen molar-refractivity contribution in [1.82, 2.24) is 5.43 Å². The SMILES string of the molecule is COc1ccc(NC(=O)COc2ccc(/C=N\NC(=O)CN(c3cccc([N+](=O)[O-])c3)S(C)(=O)=O)cc2)cc1. The van der Waals surface area contributed by atoms with Crippen LogP contribution in [0.3, 0.4) is 0 Å². The molecule has 0 aromatic heterocycles.